The maximum Gasteiger partial charge on any atom is 0.259 e. The monoisotopic (exact) mass is 397 g/mol. The van der Waals surface area contributed by atoms with Crippen molar-refractivity contribution in [3.05, 3.63) is 66.2 Å². The Balaban J connectivity index is 1.88. The number of amides is 2. The highest BCUT2D eigenvalue weighted by atomic mass is 16.5. The molecule has 8 heteroatoms. The van der Waals surface area contributed by atoms with Crippen LogP contribution in [0.15, 0.2) is 60.2 Å². The summed E-state index contributed by atoms with van der Waals surface area (Å²) in [5.74, 6) is 0.653. The first-order chi connectivity index (χ1) is 14.1. The molecule has 0 radical (unpaired) electrons. The molecule has 2 N–H and O–H groups in total. The van der Waals surface area contributed by atoms with E-state index in [0.717, 1.165) is 0 Å². The molecule has 0 fully saturated rings. The van der Waals surface area contributed by atoms with Gasteiger partial charge in [0.2, 0.25) is 0 Å². The Morgan fingerprint density at radius 2 is 1.83 bits per heavy atom. The number of rotatable bonds is 10. The van der Waals surface area contributed by atoms with E-state index in [4.69, 9.17) is 14.2 Å². The SMILES string of the molecule is C=CCOc1ccccc1/C=N/NC(=O)CNC(=O)c1ccc(OC)c(OC)c1. The van der Waals surface area contributed by atoms with Crippen molar-refractivity contribution in [2.45, 2.75) is 0 Å². The van der Waals surface area contributed by atoms with Crippen LogP contribution in [0.1, 0.15) is 15.9 Å². The molecule has 2 aromatic rings. The van der Waals surface area contributed by atoms with Crippen LogP contribution in [0.3, 0.4) is 0 Å². The molecular weight excluding hydrogens is 374 g/mol. The number of benzene rings is 2. The first kappa shape index (κ1) is 21.5. The molecule has 2 aromatic carbocycles. The molecule has 152 valence electrons. The van der Waals surface area contributed by atoms with Crippen LogP contribution in [-0.2, 0) is 4.79 Å². The zero-order valence-electron chi connectivity index (χ0n) is 16.3. The number of hydrogen-bond donors (Lipinski definition) is 2. The van der Waals surface area contributed by atoms with Crippen molar-refractivity contribution in [3.63, 3.8) is 0 Å². The molecular formula is C21H23N3O5. The average Bonchev–Trinajstić information content (AvgIpc) is 2.76. The minimum absolute atomic E-state index is 0.237. The second-order valence-corrected chi connectivity index (χ2v) is 5.68. The summed E-state index contributed by atoms with van der Waals surface area (Å²) >= 11 is 0. The fourth-order valence-electron chi connectivity index (χ4n) is 2.32. The van der Waals surface area contributed by atoms with Gasteiger partial charge in [0.25, 0.3) is 11.8 Å². The van der Waals surface area contributed by atoms with Gasteiger partial charge in [-0.2, -0.15) is 5.10 Å². The van der Waals surface area contributed by atoms with Crippen molar-refractivity contribution in [2.24, 2.45) is 5.10 Å². The molecule has 2 amide bonds. The third-order valence-corrected chi connectivity index (χ3v) is 3.72. The minimum Gasteiger partial charge on any atom is -0.493 e. The van der Waals surface area contributed by atoms with Crippen LogP contribution in [0.2, 0.25) is 0 Å². The van der Waals surface area contributed by atoms with E-state index in [2.05, 4.69) is 22.4 Å². The molecule has 0 aliphatic rings. The zero-order chi connectivity index (χ0) is 21.1. The number of hydrogen-bond acceptors (Lipinski definition) is 6. The molecule has 2 rings (SSSR count). The largest absolute Gasteiger partial charge is 0.493 e. The highest BCUT2D eigenvalue weighted by Gasteiger charge is 2.11. The number of ether oxygens (including phenoxy) is 3. The first-order valence-corrected chi connectivity index (χ1v) is 8.74. The smallest absolute Gasteiger partial charge is 0.259 e. The summed E-state index contributed by atoms with van der Waals surface area (Å²) in [7, 11) is 2.98. The summed E-state index contributed by atoms with van der Waals surface area (Å²) in [5, 5.41) is 6.41. The number of hydrazone groups is 1. The molecule has 0 aromatic heterocycles. The lowest BCUT2D eigenvalue weighted by Gasteiger charge is -2.09. The summed E-state index contributed by atoms with van der Waals surface area (Å²) < 4.78 is 15.8. The van der Waals surface area contributed by atoms with Gasteiger partial charge in [-0.15, -0.1) is 0 Å². The Kier molecular flexibility index (Phi) is 8.25. The van der Waals surface area contributed by atoms with E-state index in [1.807, 2.05) is 12.1 Å². The molecule has 29 heavy (non-hydrogen) atoms. The maximum atomic E-state index is 12.2. The summed E-state index contributed by atoms with van der Waals surface area (Å²) in [5.41, 5.74) is 3.40. The Morgan fingerprint density at radius 3 is 2.55 bits per heavy atom. The van der Waals surface area contributed by atoms with Crippen LogP contribution in [0.25, 0.3) is 0 Å². The number of nitrogens with one attached hydrogen (secondary N) is 2. The van der Waals surface area contributed by atoms with E-state index in [1.54, 1.807) is 30.3 Å². The topological polar surface area (TPSA) is 98.2 Å². The predicted molar refractivity (Wildman–Crippen MR) is 110 cm³/mol. The van der Waals surface area contributed by atoms with Gasteiger partial charge in [-0.05, 0) is 30.3 Å². The molecule has 0 spiro atoms. The quantitative estimate of drug-likeness (QED) is 0.364. The van der Waals surface area contributed by atoms with Crippen LogP contribution in [-0.4, -0.2) is 45.4 Å². The zero-order valence-corrected chi connectivity index (χ0v) is 16.3. The van der Waals surface area contributed by atoms with E-state index in [-0.39, 0.29) is 6.54 Å². The highest BCUT2D eigenvalue weighted by Crippen LogP contribution is 2.27. The van der Waals surface area contributed by atoms with E-state index in [0.29, 0.717) is 35.0 Å². The van der Waals surface area contributed by atoms with Gasteiger partial charge in [-0.25, -0.2) is 5.43 Å². The number of nitrogens with zero attached hydrogens (tertiary/aromatic N) is 1. The fourth-order valence-corrected chi connectivity index (χ4v) is 2.32. The molecule has 0 heterocycles. The van der Waals surface area contributed by atoms with Gasteiger partial charge in [-0.3, -0.25) is 9.59 Å². The molecule has 0 unspecified atom stereocenters. The third kappa shape index (κ3) is 6.39. The third-order valence-electron chi connectivity index (χ3n) is 3.72. The van der Waals surface area contributed by atoms with E-state index < -0.39 is 11.8 Å². The second kappa shape index (κ2) is 11.1. The normalized spacial score (nSPS) is 10.3. The molecule has 0 bridgehead atoms. The number of carbonyl (C=O) groups is 2. The molecule has 0 aliphatic heterocycles. The second-order valence-electron chi connectivity index (χ2n) is 5.68. The van der Waals surface area contributed by atoms with Crippen LogP contribution < -0.4 is 25.0 Å². The number of carbonyl (C=O) groups excluding carboxylic acids is 2. The molecule has 0 atom stereocenters. The number of para-hydroxylation sites is 1. The molecule has 0 saturated carbocycles. The van der Waals surface area contributed by atoms with Crippen LogP contribution >= 0.6 is 0 Å². The van der Waals surface area contributed by atoms with Crippen molar-refractivity contribution >= 4 is 18.0 Å². The first-order valence-electron chi connectivity index (χ1n) is 8.74. The lowest BCUT2D eigenvalue weighted by molar-refractivity contribution is -0.120. The van der Waals surface area contributed by atoms with Gasteiger partial charge < -0.3 is 19.5 Å². The van der Waals surface area contributed by atoms with Crippen LogP contribution in [0.5, 0.6) is 17.2 Å². The van der Waals surface area contributed by atoms with Gasteiger partial charge in [-0.1, -0.05) is 24.8 Å². The van der Waals surface area contributed by atoms with E-state index in [1.165, 1.54) is 26.5 Å². The Bertz CT molecular complexity index is 896. The molecule has 0 aliphatic carbocycles. The summed E-state index contributed by atoms with van der Waals surface area (Å²) in [6, 6.07) is 12.0. The lowest BCUT2D eigenvalue weighted by atomic mass is 10.2. The van der Waals surface area contributed by atoms with E-state index >= 15 is 0 Å². The van der Waals surface area contributed by atoms with Gasteiger partial charge in [0.05, 0.1) is 27.0 Å². The van der Waals surface area contributed by atoms with Crippen molar-refractivity contribution in [1.29, 1.82) is 0 Å². The summed E-state index contributed by atoms with van der Waals surface area (Å²) in [6.45, 7) is 3.73. The van der Waals surface area contributed by atoms with Crippen molar-refractivity contribution < 1.29 is 23.8 Å². The summed E-state index contributed by atoms with van der Waals surface area (Å²) in [6.07, 6.45) is 3.10. The van der Waals surface area contributed by atoms with Gasteiger partial charge in [0.1, 0.15) is 12.4 Å². The maximum absolute atomic E-state index is 12.2. The lowest BCUT2D eigenvalue weighted by Crippen LogP contribution is -2.34. The van der Waals surface area contributed by atoms with Gasteiger partial charge in [0.15, 0.2) is 11.5 Å². The standard InChI is InChI=1S/C21H23N3O5/c1-4-11-29-17-8-6-5-7-16(17)13-23-24-20(25)14-22-21(26)15-9-10-18(27-2)19(12-15)28-3/h4-10,12-13H,1,11,14H2,2-3H3,(H,22,26)(H,24,25)/b23-13+. The van der Waals surface area contributed by atoms with Crippen molar-refractivity contribution in [1.82, 2.24) is 10.7 Å². The Morgan fingerprint density at radius 1 is 1.07 bits per heavy atom. The number of methoxy groups -OCH3 is 2. The Labute approximate surface area is 169 Å². The van der Waals surface area contributed by atoms with Crippen molar-refractivity contribution in [2.75, 3.05) is 27.4 Å². The van der Waals surface area contributed by atoms with Gasteiger partial charge >= 0.3 is 0 Å². The predicted octanol–water partition coefficient (Wildman–Crippen LogP) is 2.15. The summed E-state index contributed by atoms with van der Waals surface area (Å²) in [4.78, 5) is 24.1. The van der Waals surface area contributed by atoms with E-state index in [9.17, 15) is 9.59 Å². The molecule has 8 nitrogen and oxygen atoms in total. The minimum atomic E-state index is -0.473. The van der Waals surface area contributed by atoms with Crippen LogP contribution in [0.4, 0.5) is 0 Å². The molecule has 0 saturated heterocycles. The van der Waals surface area contributed by atoms with Gasteiger partial charge in [0, 0.05) is 11.1 Å². The Hall–Kier alpha value is -3.81. The average molecular weight is 397 g/mol. The fraction of sp³-hybridized carbons (Fsp3) is 0.190. The van der Waals surface area contributed by atoms with Crippen molar-refractivity contribution in [3.8, 4) is 17.2 Å². The van der Waals surface area contributed by atoms with Crippen LogP contribution in [0, 0.1) is 0 Å². The highest BCUT2D eigenvalue weighted by molar-refractivity contribution is 5.97.